The predicted molar refractivity (Wildman–Crippen MR) is 88.6 cm³/mol. The SMILES string of the molecule is CCCc1nnsc1C(=O)N[C@H]1CCCN(c2cnccn2)C1. The molecule has 1 fully saturated rings. The number of hydrogen-bond acceptors (Lipinski definition) is 7. The van der Waals surface area contributed by atoms with Gasteiger partial charge in [-0.1, -0.05) is 17.8 Å². The normalized spacial score (nSPS) is 18.0. The molecule has 7 nitrogen and oxygen atoms in total. The van der Waals surface area contributed by atoms with Gasteiger partial charge in [0.25, 0.3) is 5.91 Å². The molecular formula is C15H20N6OS. The number of carbonyl (C=O) groups is 1. The average Bonchev–Trinajstić information content (AvgIpc) is 3.05. The lowest BCUT2D eigenvalue weighted by molar-refractivity contribution is 0.0936. The largest absolute Gasteiger partial charge is 0.353 e. The fourth-order valence-corrected chi connectivity index (χ4v) is 3.40. The van der Waals surface area contributed by atoms with Crippen LogP contribution in [-0.4, -0.2) is 44.6 Å². The molecule has 0 radical (unpaired) electrons. The van der Waals surface area contributed by atoms with Gasteiger partial charge in [0.1, 0.15) is 10.7 Å². The molecule has 0 unspecified atom stereocenters. The molecule has 1 aliphatic rings. The van der Waals surface area contributed by atoms with Gasteiger partial charge >= 0.3 is 0 Å². The lowest BCUT2D eigenvalue weighted by Crippen LogP contribution is -2.48. The standard InChI is InChI=1S/C15H20N6OS/c1-2-4-12-14(23-20-19-12)15(22)18-11-5-3-8-21(10-11)13-9-16-6-7-17-13/h6-7,9,11H,2-5,8,10H2,1H3,(H,18,22)/t11-/m0/s1. The van der Waals surface area contributed by atoms with Gasteiger partial charge in [0, 0.05) is 31.5 Å². The molecule has 1 saturated heterocycles. The zero-order valence-electron chi connectivity index (χ0n) is 13.1. The minimum atomic E-state index is -0.0607. The molecule has 1 atom stereocenters. The highest BCUT2D eigenvalue weighted by Gasteiger charge is 2.24. The number of nitrogens with one attached hydrogen (secondary N) is 1. The van der Waals surface area contributed by atoms with Gasteiger partial charge in [-0.2, -0.15) is 0 Å². The van der Waals surface area contributed by atoms with Gasteiger partial charge in [-0.05, 0) is 30.8 Å². The first-order valence-corrected chi connectivity index (χ1v) is 8.68. The van der Waals surface area contributed by atoms with Crippen molar-refractivity contribution in [1.82, 2.24) is 24.9 Å². The third-order valence-electron chi connectivity index (χ3n) is 3.88. The van der Waals surface area contributed by atoms with Crippen LogP contribution in [0.4, 0.5) is 5.82 Å². The average molecular weight is 332 g/mol. The van der Waals surface area contributed by atoms with Gasteiger partial charge < -0.3 is 10.2 Å². The Labute approximate surface area is 139 Å². The number of nitrogens with zero attached hydrogens (tertiary/aromatic N) is 5. The smallest absolute Gasteiger partial charge is 0.265 e. The van der Waals surface area contributed by atoms with Crippen LogP contribution in [0.3, 0.4) is 0 Å². The van der Waals surface area contributed by atoms with E-state index in [0.29, 0.717) is 4.88 Å². The zero-order valence-corrected chi connectivity index (χ0v) is 13.9. The van der Waals surface area contributed by atoms with Crippen LogP contribution in [-0.2, 0) is 6.42 Å². The monoisotopic (exact) mass is 332 g/mol. The van der Waals surface area contributed by atoms with Crippen molar-refractivity contribution in [1.29, 1.82) is 0 Å². The van der Waals surface area contributed by atoms with E-state index in [9.17, 15) is 4.79 Å². The summed E-state index contributed by atoms with van der Waals surface area (Å²) in [5.74, 6) is 0.798. The lowest BCUT2D eigenvalue weighted by Gasteiger charge is -2.33. The second kappa shape index (κ2) is 7.45. The predicted octanol–water partition coefficient (Wildman–Crippen LogP) is 1.68. The van der Waals surface area contributed by atoms with E-state index in [4.69, 9.17) is 0 Å². The molecule has 8 heteroatoms. The van der Waals surface area contributed by atoms with Gasteiger partial charge in [-0.15, -0.1) is 5.10 Å². The van der Waals surface area contributed by atoms with Crippen molar-refractivity contribution in [3.8, 4) is 0 Å². The Balaban J connectivity index is 1.63. The van der Waals surface area contributed by atoms with E-state index in [2.05, 4.69) is 36.7 Å². The van der Waals surface area contributed by atoms with E-state index in [-0.39, 0.29) is 11.9 Å². The van der Waals surface area contributed by atoms with Crippen molar-refractivity contribution in [2.24, 2.45) is 0 Å². The number of piperidine rings is 1. The first kappa shape index (κ1) is 15.8. The van der Waals surface area contributed by atoms with E-state index < -0.39 is 0 Å². The molecule has 122 valence electrons. The van der Waals surface area contributed by atoms with Crippen LogP contribution in [0.5, 0.6) is 0 Å². The number of rotatable bonds is 5. The number of amides is 1. The highest BCUT2D eigenvalue weighted by molar-refractivity contribution is 7.08. The number of aryl methyl sites for hydroxylation is 1. The van der Waals surface area contributed by atoms with Crippen LogP contribution >= 0.6 is 11.5 Å². The van der Waals surface area contributed by atoms with Crippen LogP contribution < -0.4 is 10.2 Å². The second-order valence-corrected chi connectivity index (χ2v) is 6.38. The summed E-state index contributed by atoms with van der Waals surface area (Å²) in [5.41, 5.74) is 0.802. The van der Waals surface area contributed by atoms with E-state index >= 15 is 0 Å². The quantitative estimate of drug-likeness (QED) is 0.897. The summed E-state index contributed by atoms with van der Waals surface area (Å²) in [6.45, 7) is 3.76. The molecule has 0 bridgehead atoms. The lowest BCUT2D eigenvalue weighted by atomic mass is 10.1. The number of aromatic nitrogens is 4. The van der Waals surface area contributed by atoms with Crippen molar-refractivity contribution in [2.45, 2.75) is 38.6 Å². The molecule has 0 aliphatic carbocycles. The second-order valence-electron chi connectivity index (χ2n) is 5.62. The van der Waals surface area contributed by atoms with Crippen LogP contribution in [0.25, 0.3) is 0 Å². The number of anilines is 1. The maximum atomic E-state index is 12.5. The molecule has 2 aromatic rings. The third-order valence-corrected chi connectivity index (χ3v) is 4.65. The molecule has 1 amide bonds. The summed E-state index contributed by atoms with van der Waals surface area (Å²) in [5, 5.41) is 7.18. The fraction of sp³-hybridized carbons (Fsp3) is 0.533. The summed E-state index contributed by atoms with van der Waals surface area (Å²) in [4.78, 5) is 23.7. The van der Waals surface area contributed by atoms with Crippen molar-refractivity contribution < 1.29 is 4.79 Å². The van der Waals surface area contributed by atoms with Gasteiger partial charge in [-0.3, -0.25) is 9.78 Å². The third kappa shape index (κ3) is 3.82. The van der Waals surface area contributed by atoms with Crippen molar-refractivity contribution in [2.75, 3.05) is 18.0 Å². The summed E-state index contributed by atoms with van der Waals surface area (Å²) < 4.78 is 3.92. The highest BCUT2D eigenvalue weighted by Crippen LogP contribution is 2.18. The molecule has 3 rings (SSSR count). The fourth-order valence-electron chi connectivity index (χ4n) is 2.79. The first-order valence-electron chi connectivity index (χ1n) is 7.91. The molecule has 23 heavy (non-hydrogen) atoms. The Kier molecular flexibility index (Phi) is 5.12. The van der Waals surface area contributed by atoms with E-state index in [1.54, 1.807) is 18.6 Å². The van der Waals surface area contributed by atoms with E-state index in [0.717, 1.165) is 50.3 Å². The summed E-state index contributed by atoms with van der Waals surface area (Å²) in [6.07, 6.45) is 8.85. The highest BCUT2D eigenvalue weighted by atomic mass is 32.1. The Hall–Kier alpha value is -2.09. The Morgan fingerprint density at radius 2 is 2.39 bits per heavy atom. The molecule has 1 aliphatic heterocycles. The van der Waals surface area contributed by atoms with Gasteiger partial charge in [0.15, 0.2) is 0 Å². The zero-order chi connectivity index (χ0) is 16.1. The maximum Gasteiger partial charge on any atom is 0.265 e. The summed E-state index contributed by atoms with van der Waals surface area (Å²) in [6, 6.07) is 0.106. The molecule has 0 aromatic carbocycles. The Bertz CT molecular complexity index is 646. The van der Waals surface area contributed by atoms with Crippen LogP contribution in [0.15, 0.2) is 18.6 Å². The summed E-state index contributed by atoms with van der Waals surface area (Å²) in [7, 11) is 0. The van der Waals surface area contributed by atoms with Gasteiger partial charge in [0.2, 0.25) is 0 Å². The van der Waals surface area contributed by atoms with Gasteiger partial charge in [-0.25, -0.2) is 4.98 Å². The molecule has 0 saturated carbocycles. The topological polar surface area (TPSA) is 83.9 Å². The maximum absolute atomic E-state index is 12.5. The molecule has 0 spiro atoms. The van der Waals surface area contributed by atoms with Gasteiger partial charge in [0.05, 0.1) is 11.9 Å². The van der Waals surface area contributed by atoms with Crippen LogP contribution in [0, 0.1) is 0 Å². The first-order chi connectivity index (χ1) is 11.3. The minimum absolute atomic E-state index is 0.0607. The molecule has 1 N–H and O–H groups in total. The number of carbonyl (C=O) groups excluding carboxylic acids is 1. The molecule has 2 aromatic heterocycles. The van der Waals surface area contributed by atoms with Crippen LogP contribution in [0.1, 0.15) is 41.6 Å². The number of hydrogen-bond donors (Lipinski definition) is 1. The Morgan fingerprint density at radius 1 is 1.48 bits per heavy atom. The summed E-state index contributed by atoms with van der Waals surface area (Å²) >= 11 is 1.17. The minimum Gasteiger partial charge on any atom is -0.353 e. The van der Waals surface area contributed by atoms with E-state index in [1.807, 2.05) is 0 Å². The van der Waals surface area contributed by atoms with E-state index in [1.165, 1.54) is 11.5 Å². The van der Waals surface area contributed by atoms with Crippen molar-refractivity contribution in [3.63, 3.8) is 0 Å². The Morgan fingerprint density at radius 3 is 3.17 bits per heavy atom. The molecular weight excluding hydrogens is 312 g/mol. The van der Waals surface area contributed by atoms with Crippen molar-refractivity contribution >= 4 is 23.3 Å². The molecule has 3 heterocycles. The van der Waals surface area contributed by atoms with Crippen molar-refractivity contribution in [3.05, 3.63) is 29.2 Å². The van der Waals surface area contributed by atoms with Crippen LogP contribution in [0.2, 0.25) is 0 Å².